The lowest BCUT2D eigenvalue weighted by atomic mass is 9.80. The quantitative estimate of drug-likeness (QED) is 0.705. The highest BCUT2D eigenvalue weighted by Crippen LogP contribution is 2.36. The molecule has 0 N–H and O–H groups in total. The van der Waals surface area contributed by atoms with Gasteiger partial charge in [0.15, 0.2) is 0 Å². The Hall–Kier alpha value is -1.04. The van der Waals surface area contributed by atoms with E-state index in [-0.39, 0.29) is 11.3 Å². The molecule has 0 aliphatic heterocycles. The second-order valence-corrected chi connectivity index (χ2v) is 6.83. The minimum atomic E-state index is -0.753. The summed E-state index contributed by atoms with van der Waals surface area (Å²) in [5, 5.41) is 9.49. The van der Waals surface area contributed by atoms with Crippen LogP contribution in [-0.2, 0) is 4.79 Å². The third kappa shape index (κ3) is 3.73. The zero-order valence-corrected chi connectivity index (χ0v) is 12.3. The average Bonchev–Trinajstić information content (AvgIpc) is 2.51. The van der Waals surface area contributed by atoms with Gasteiger partial charge in [0.25, 0.3) is 0 Å². The molecule has 1 fully saturated rings. The number of nitrogens with zero attached hydrogens (tertiary/aromatic N) is 2. The third-order valence-electron chi connectivity index (χ3n) is 3.64. The van der Waals surface area contributed by atoms with Crippen molar-refractivity contribution in [2.75, 3.05) is 13.6 Å². The van der Waals surface area contributed by atoms with E-state index in [2.05, 4.69) is 26.8 Å². The summed E-state index contributed by atoms with van der Waals surface area (Å²) >= 11 is 0. The van der Waals surface area contributed by atoms with Crippen LogP contribution in [0.15, 0.2) is 0 Å². The first kappa shape index (κ1) is 15.0. The summed E-state index contributed by atoms with van der Waals surface area (Å²) in [7, 11) is 1.83. The highest BCUT2D eigenvalue weighted by Gasteiger charge is 2.41. The first-order valence-electron chi connectivity index (χ1n) is 6.98. The van der Waals surface area contributed by atoms with Crippen molar-refractivity contribution in [2.45, 2.75) is 59.3 Å². The number of hydrogen-bond acceptors (Lipinski definition) is 2. The Morgan fingerprint density at radius 3 is 2.11 bits per heavy atom. The molecule has 0 spiro atoms. The van der Waals surface area contributed by atoms with Crippen LogP contribution in [0.3, 0.4) is 0 Å². The number of carbonyl (C=O) groups excluding carboxylic acids is 1. The predicted molar refractivity (Wildman–Crippen MR) is 72.8 cm³/mol. The van der Waals surface area contributed by atoms with Crippen molar-refractivity contribution in [3.63, 3.8) is 0 Å². The molecule has 0 heterocycles. The fraction of sp³-hybridized carbons (Fsp3) is 0.867. The van der Waals surface area contributed by atoms with Crippen LogP contribution in [0.5, 0.6) is 0 Å². The van der Waals surface area contributed by atoms with Gasteiger partial charge in [-0.3, -0.25) is 4.79 Å². The molecule has 0 aromatic carbocycles. The first-order chi connectivity index (χ1) is 8.31. The molecular weight excluding hydrogens is 224 g/mol. The SMILES string of the molecule is CN(CC(C)(C)C)C(=O)C1(C#N)CCCCCC1. The summed E-state index contributed by atoms with van der Waals surface area (Å²) in [6.07, 6.45) is 5.78. The molecule has 18 heavy (non-hydrogen) atoms. The minimum absolute atomic E-state index is 0.0295. The number of rotatable bonds is 2. The van der Waals surface area contributed by atoms with Crippen molar-refractivity contribution < 1.29 is 4.79 Å². The molecule has 3 nitrogen and oxygen atoms in total. The van der Waals surface area contributed by atoms with E-state index in [1.165, 1.54) is 0 Å². The molecule has 1 aliphatic carbocycles. The normalized spacial score (nSPS) is 19.7. The van der Waals surface area contributed by atoms with E-state index in [0.717, 1.165) is 38.5 Å². The molecule has 0 aromatic heterocycles. The van der Waals surface area contributed by atoms with Crippen LogP contribution >= 0.6 is 0 Å². The van der Waals surface area contributed by atoms with Gasteiger partial charge in [-0.2, -0.15) is 5.26 Å². The van der Waals surface area contributed by atoms with Crippen molar-refractivity contribution in [2.24, 2.45) is 10.8 Å². The van der Waals surface area contributed by atoms with Crippen LogP contribution in [0.4, 0.5) is 0 Å². The molecule has 1 amide bonds. The Bertz CT molecular complexity index is 327. The fourth-order valence-corrected chi connectivity index (χ4v) is 2.85. The van der Waals surface area contributed by atoms with Gasteiger partial charge in [0.05, 0.1) is 6.07 Å². The van der Waals surface area contributed by atoms with Crippen molar-refractivity contribution in [1.29, 1.82) is 5.26 Å². The smallest absolute Gasteiger partial charge is 0.242 e. The molecule has 102 valence electrons. The second kappa shape index (κ2) is 5.73. The molecule has 0 bridgehead atoms. The third-order valence-corrected chi connectivity index (χ3v) is 3.64. The van der Waals surface area contributed by atoms with Gasteiger partial charge in [-0.15, -0.1) is 0 Å². The van der Waals surface area contributed by atoms with Crippen molar-refractivity contribution in [1.82, 2.24) is 4.90 Å². The largest absolute Gasteiger partial charge is 0.344 e. The van der Waals surface area contributed by atoms with E-state index < -0.39 is 5.41 Å². The summed E-state index contributed by atoms with van der Waals surface area (Å²) in [5.41, 5.74) is -0.678. The van der Waals surface area contributed by atoms with E-state index in [9.17, 15) is 10.1 Å². The lowest BCUT2D eigenvalue weighted by Gasteiger charge is -2.33. The standard InChI is InChI=1S/C15H26N2O/c1-14(2,3)12-17(4)13(18)15(11-16)9-7-5-6-8-10-15/h5-10,12H2,1-4H3. The van der Waals surface area contributed by atoms with Gasteiger partial charge < -0.3 is 4.90 Å². The van der Waals surface area contributed by atoms with Crippen LogP contribution in [0.2, 0.25) is 0 Å². The van der Waals surface area contributed by atoms with E-state index in [1.807, 2.05) is 7.05 Å². The highest BCUT2D eigenvalue weighted by molar-refractivity contribution is 5.85. The maximum Gasteiger partial charge on any atom is 0.242 e. The Labute approximate surface area is 111 Å². The minimum Gasteiger partial charge on any atom is -0.344 e. The Balaban J connectivity index is 2.81. The fourth-order valence-electron chi connectivity index (χ4n) is 2.85. The van der Waals surface area contributed by atoms with Crippen LogP contribution in [-0.4, -0.2) is 24.4 Å². The number of hydrogen-bond donors (Lipinski definition) is 0. The van der Waals surface area contributed by atoms with Gasteiger partial charge in [0.1, 0.15) is 5.41 Å². The molecule has 1 rings (SSSR count). The van der Waals surface area contributed by atoms with E-state index in [4.69, 9.17) is 0 Å². The number of carbonyl (C=O) groups is 1. The Morgan fingerprint density at radius 2 is 1.72 bits per heavy atom. The van der Waals surface area contributed by atoms with Gasteiger partial charge in [0, 0.05) is 13.6 Å². The van der Waals surface area contributed by atoms with Crippen molar-refractivity contribution >= 4 is 5.91 Å². The summed E-state index contributed by atoms with van der Waals surface area (Å²) in [5.74, 6) is 0.0295. The molecule has 1 aliphatic rings. The van der Waals surface area contributed by atoms with E-state index in [1.54, 1.807) is 4.90 Å². The number of amides is 1. The van der Waals surface area contributed by atoms with Gasteiger partial charge in [-0.25, -0.2) is 0 Å². The number of nitriles is 1. The summed E-state index contributed by atoms with van der Waals surface area (Å²) in [6.45, 7) is 7.05. The summed E-state index contributed by atoms with van der Waals surface area (Å²) < 4.78 is 0. The maximum atomic E-state index is 12.6. The van der Waals surface area contributed by atoms with Crippen LogP contribution in [0.25, 0.3) is 0 Å². The summed E-state index contributed by atoms with van der Waals surface area (Å²) in [4.78, 5) is 14.3. The Kier molecular flexibility index (Phi) is 4.78. The zero-order chi connectivity index (χ0) is 13.8. The van der Waals surface area contributed by atoms with E-state index in [0.29, 0.717) is 6.54 Å². The van der Waals surface area contributed by atoms with Gasteiger partial charge in [0.2, 0.25) is 5.91 Å². The monoisotopic (exact) mass is 250 g/mol. The highest BCUT2D eigenvalue weighted by atomic mass is 16.2. The molecule has 0 atom stereocenters. The average molecular weight is 250 g/mol. The zero-order valence-electron chi connectivity index (χ0n) is 12.3. The maximum absolute atomic E-state index is 12.6. The molecule has 1 saturated carbocycles. The predicted octanol–water partition coefficient (Wildman–Crippen LogP) is 3.36. The molecule has 0 saturated heterocycles. The topological polar surface area (TPSA) is 44.1 Å². The molecular formula is C15H26N2O. The first-order valence-corrected chi connectivity index (χ1v) is 6.98. The van der Waals surface area contributed by atoms with Crippen molar-refractivity contribution in [3.05, 3.63) is 0 Å². The Morgan fingerprint density at radius 1 is 1.22 bits per heavy atom. The second-order valence-electron chi connectivity index (χ2n) is 6.83. The van der Waals surface area contributed by atoms with Crippen LogP contribution < -0.4 is 0 Å². The van der Waals surface area contributed by atoms with Crippen LogP contribution in [0.1, 0.15) is 59.3 Å². The van der Waals surface area contributed by atoms with Crippen molar-refractivity contribution in [3.8, 4) is 6.07 Å². The summed E-state index contributed by atoms with van der Waals surface area (Å²) in [6, 6.07) is 2.33. The van der Waals surface area contributed by atoms with Gasteiger partial charge in [-0.1, -0.05) is 46.5 Å². The lowest BCUT2D eigenvalue weighted by molar-refractivity contribution is -0.139. The molecule has 0 radical (unpaired) electrons. The van der Waals surface area contributed by atoms with Gasteiger partial charge >= 0.3 is 0 Å². The lowest BCUT2D eigenvalue weighted by Crippen LogP contribution is -2.44. The van der Waals surface area contributed by atoms with Gasteiger partial charge in [-0.05, 0) is 18.3 Å². The molecule has 0 aromatic rings. The molecule has 0 unspecified atom stereocenters. The molecule has 3 heteroatoms. The van der Waals surface area contributed by atoms with Crippen LogP contribution in [0, 0.1) is 22.2 Å². The van der Waals surface area contributed by atoms with E-state index >= 15 is 0 Å².